The zero-order chi connectivity index (χ0) is 13.3. The van der Waals surface area contributed by atoms with Crippen molar-refractivity contribution in [1.82, 2.24) is 9.78 Å². The van der Waals surface area contributed by atoms with Crippen LogP contribution in [0.3, 0.4) is 0 Å². The molecule has 3 N–H and O–H groups in total. The van der Waals surface area contributed by atoms with E-state index in [2.05, 4.69) is 5.10 Å². The lowest BCUT2D eigenvalue weighted by Gasteiger charge is -2.08. The summed E-state index contributed by atoms with van der Waals surface area (Å²) in [5.41, 5.74) is 7.90. The molecule has 94 valence electrons. The highest BCUT2D eigenvalue weighted by molar-refractivity contribution is 5.98. The van der Waals surface area contributed by atoms with E-state index in [0.29, 0.717) is 22.9 Å². The first-order valence-corrected chi connectivity index (χ1v) is 5.61. The van der Waals surface area contributed by atoms with Gasteiger partial charge in [-0.2, -0.15) is 5.10 Å². The van der Waals surface area contributed by atoms with E-state index in [-0.39, 0.29) is 5.84 Å². The maximum Gasteiger partial charge on any atom is 0.228 e. The fourth-order valence-electron chi connectivity index (χ4n) is 1.85. The summed E-state index contributed by atoms with van der Waals surface area (Å²) < 4.78 is 7.37. The van der Waals surface area contributed by atoms with Gasteiger partial charge in [-0.15, -0.1) is 0 Å². The van der Waals surface area contributed by atoms with Crippen LogP contribution in [0.1, 0.15) is 16.8 Å². The fraction of sp³-hybridized carbons (Fsp3) is 0.231. The third-order valence-electron chi connectivity index (χ3n) is 2.64. The van der Waals surface area contributed by atoms with Crippen LogP contribution in [0.4, 0.5) is 0 Å². The standard InChI is InChI=1S/C13H16N4O/c1-8-5-4-6-10(7-8)18-13-11(12(14)15)9(2)16-17(13)3/h4-7H,1-3H3,(H3,14,15). The van der Waals surface area contributed by atoms with Crippen molar-refractivity contribution < 1.29 is 4.74 Å². The summed E-state index contributed by atoms with van der Waals surface area (Å²) in [6, 6.07) is 7.69. The highest BCUT2D eigenvalue weighted by atomic mass is 16.5. The van der Waals surface area contributed by atoms with E-state index in [0.717, 1.165) is 5.56 Å². The van der Waals surface area contributed by atoms with Crippen molar-refractivity contribution >= 4 is 5.84 Å². The minimum Gasteiger partial charge on any atom is -0.438 e. The molecule has 0 saturated heterocycles. The normalized spacial score (nSPS) is 10.4. The molecule has 5 nitrogen and oxygen atoms in total. The van der Waals surface area contributed by atoms with E-state index < -0.39 is 0 Å². The van der Waals surface area contributed by atoms with E-state index >= 15 is 0 Å². The lowest BCUT2D eigenvalue weighted by molar-refractivity contribution is 0.429. The largest absolute Gasteiger partial charge is 0.438 e. The first kappa shape index (κ1) is 12.2. The van der Waals surface area contributed by atoms with Crippen LogP contribution in [-0.4, -0.2) is 15.6 Å². The van der Waals surface area contributed by atoms with E-state index in [4.69, 9.17) is 15.9 Å². The Morgan fingerprint density at radius 2 is 2.11 bits per heavy atom. The molecule has 0 amide bonds. The van der Waals surface area contributed by atoms with Crippen LogP contribution < -0.4 is 10.5 Å². The van der Waals surface area contributed by atoms with Gasteiger partial charge in [0.05, 0.1) is 5.69 Å². The number of hydrogen-bond donors (Lipinski definition) is 2. The predicted molar refractivity (Wildman–Crippen MR) is 70.2 cm³/mol. The Hall–Kier alpha value is -2.30. The third-order valence-corrected chi connectivity index (χ3v) is 2.64. The quantitative estimate of drug-likeness (QED) is 0.641. The number of nitrogens with zero attached hydrogens (tertiary/aromatic N) is 2. The van der Waals surface area contributed by atoms with Crippen molar-refractivity contribution in [3.05, 3.63) is 41.1 Å². The molecular weight excluding hydrogens is 228 g/mol. The number of hydrogen-bond acceptors (Lipinski definition) is 3. The summed E-state index contributed by atoms with van der Waals surface area (Å²) in [4.78, 5) is 0. The first-order valence-electron chi connectivity index (χ1n) is 5.61. The van der Waals surface area contributed by atoms with Gasteiger partial charge in [-0.25, -0.2) is 4.68 Å². The van der Waals surface area contributed by atoms with Crippen molar-refractivity contribution in [2.75, 3.05) is 0 Å². The minimum absolute atomic E-state index is 0.0387. The Morgan fingerprint density at radius 1 is 1.39 bits per heavy atom. The SMILES string of the molecule is Cc1cccc(Oc2c(C(=N)N)c(C)nn2C)c1. The Kier molecular flexibility index (Phi) is 3.06. The Labute approximate surface area is 106 Å². The average molecular weight is 244 g/mol. The van der Waals surface area contributed by atoms with Gasteiger partial charge in [-0.3, -0.25) is 5.41 Å². The van der Waals surface area contributed by atoms with Crippen LogP contribution in [0.2, 0.25) is 0 Å². The zero-order valence-electron chi connectivity index (χ0n) is 10.7. The molecular formula is C13H16N4O. The van der Waals surface area contributed by atoms with Gasteiger partial charge in [0.15, 0.2) is 0 Å². The molecule has 0 aliphatic carbocycles. The Morgan fingerprint density at radius 3 is 2.72 bits per heavy atom. The second-order valence-electron chi connectivity index (χ2n) is 4.22. The molecule has 0 aliphatic heterocycles. The molecule has 18 heavy (non-hydrogen) atoms. The van der Waals surface area contributed by atoms with Crippen LogP contribution in [0, 0.1) is 19.3 Å². The highest BCUT2D eigenvalue weighted by Crippen LogP contribution is 2.27. The monoisotopic (exact) mass is 244 g/mol. The second-order valence-corrected chi connectivity index (χ2v) is 4.22. The number of benzene rings is 1. The summed E-state index contributed by atoms with van der Waals surface area (Å²) in [6.45, 7) is 3.80. The molecule has 0 aliphatic rings. The first-order chi connectivity index (χ1) is 8.49. The molecule has 0 atom stereocenters. The minimum atomic E-state index is -0.0387. The van der Waals surface area contributed by atoms with Gasteiger partial charge in [0.25, 0.3) is 0 Å². The van der Waals surface area contributed by atoms with Crippen LogP contribution >= 0.6 is 0 Å². The van der Waals surface area contributed by atoms with Crippen LogP contribution in [0.5, 0.6) is 11.6 Å². The van der Waals surface area contributed by atoms with Gasteiger partial charge in [-0.05, 0) is 31.5 Å². The van der Waals surface area contributed by atoms with E-state index in [1.165, 1.54) is 0 Å². The third kappa shape index (κ3) is 2.20. The summed E-state index contributed by atoms with van der Waals surface area (Å²) >= 11 is 0. The van der Waals surface area contributed by atoms with E-state index in [1.807, 2.05) is 31.2 Å². The van der Waals surface area contributed by atoms with E-state index in [1.54, 1.807) is 18.7 Å². The number of nitrogen functional groups attached to an aromatic ring is 1. The van der Waals surface area contributed by atoms with Crippen LogP contribution in [0.15, 0.2) is 24.3 Å². The number of nitrogens with one attached hydrogen (secondary N) is 1. The van der Waals surface area contributed by atoms with Gasteiger partial charge in [0, 0.05) is 7.05 Å². The molecule has 0 radical (unpaired) electrons. The van der Waals surface area contributed by atoms with Crippen molar-refractivity contribution in [3.8, 4) is 11.6 Å². The molecule has 5 heteroatoms. The molecule has 0 bridgehead atoms. The van der Waals surface area contributed by atoms with Gasteiger partial charge >= 0.3 is 0 Å². The maximum absolute atomic E-state index is 7.58. The smallest absolute Gasteiger partial charge is 0.228 e. The number of aryl methyl sites for hydroxylation is 3. The number of ether oxygens (including phenoxy) is 1. The summed E-state index contributed by atoms with van der Waals surface area (Å²) in [6.07, 6.45) is 0. The Bertz CT molecular complexity index is 601. The Balaban J connectivity index is 2.43. The number of nitrogens with two attached hydrogens (primary N) is 1. The van der Waals surface area contributed by atoms with Crippen molar-refractivity contribution in [3.63, 3.8) is 0 Å². The molecule has 1 heterocycles. The summed E-state index contributed by atoms with van der Waals surface area (Å²) in [7, 11) is 1.77. The fourth-order valence-corrected chi connectivity index (χ4v) is 1.85. The molecule has 0 spiro atoms. The lowest BCUT2D eigenvalue weighted by Crippen LogP contribution is -2.13. The lowest BCUT2D eigenvalue weighted by atomic mass is 10.2. The average Bonchev–Trinajstić information content (AvgIpc) is 2.53. The van der Waals surface area contributed by atoms with Gasteiger partial charge < -0.3 is 10.5 Å². The number of amidine groups is 1. The summed E-state index contributed by atoms with van der Waals surface area (Å²) in [5, 5.41) is 11.8. The maximum atomic E-state index is 7.58. The number of aromatic nitrogens is 2. The predicted octanol–water partition coefficient (Wildman–Crippen LogP) is 2.11. The van der Waals surface area contributed by atoms with Gasteiger partial charge in [0.2, 0.25) is 5.88 Å². The van der Waals surface area contributed by atoms with E-state index in [9.17, 15) is 0 Å². The molecule has 2 aromatic rings. The zero-order valence-corrected chi connectivity index (χ0v) is 10.7. The van der Waals surface area contributed by atoms with Gasteiger partial charge in [0.1, 0.15) is 17.1 Å². The van der Waals surface area contributed by atoms with Gasteiger partial charge in [-0.1, -0.05) is 12.1 Å². The van der Waals surface area contributed by atoms with Crippen LogP contribution in [0.25, 0.3) is 0 Å². The van der Waals surface area contributed by atoms with Crippen molar-refractivity contribution in [1.29, 1.82) is 5.41 Å². The van der Waals surface area contributed by atoms with Crippen molar-refractivity contribution in [2.45, 2.75) is 13.8 Å². The molecule has 1 aromatic carbocycles. The molecule has 1 aromatic heterocycles. The number of rotatable bonds is 3. The molecule has 2 rings (SSSR count). The second kappa shape index (κ2) is 4.52. The van der Waals surface area contributed by atoms with Crippen LogP contribution in [-0.2, 0) is 7.05 Å². The molecule has 0 fully saturated rings. The van der Waals surface area contributed by atoms with Crippen molar-refractivity contribution in [2.24, 2.45) is 12.8 Å². The topological polar surface area (TPSA) is 76.9 Å². The highest BCUT2D eigenvalue weighted by Gasteiger charge is 2.17. The molecule has 0 unspecified atom stereocenters. The molecule has 0 saturated carbocycles. The summed E-state index contributed by atoms with van der Waals surface area (Å²) in [5.74, 6) is 1.16.